The van der Waals surface area contributed by atoms with Gasteiger partial charge in [-0.15, -0.1) is 0 Å². The van der Waals surface area contributed by atoms with Gasteiger partial charge in [-0.05, 0) is 12.1 Å². The van der Waals surface area contributed by atoms with E-state index in [4.69, 9.17) is 0 Å². The molecule has 0 aliphatic heterocycles. The van der Waals surface area contributed by atoms with Gasteiger partial charge in [0.1, 0.15) is 10.1 Å². The predicted molar refractivity (Wildman–Crippen MR) is 48.9 cm³/mol. The zero-order chi connectivity index (χ0) is 9.14. The maximum atomic E-state index is 11.0. The average molecular weight is 203 g/mol. The van der Waals surface area contributed by atoms with Crippen molar-refractivity contribution in [1.29, 1.82) is 0 Å². The summed E-state index contributed by atoms with van der Waals surface area (Å²) in [6, 6.07) is 5.03. The van der Waals surface area contributed by atoms with Crippen LogP contribution in [-0.2, 0) is 21.6 Å². The summed E-state index contributed by atoms with van der Waals surface area (Å²) < 4.78 is 21.9. The van der Waals surface area contributed by atoms with Gasteiger partial charge in [0.05, 0.1) is 21.6 Å². The topological polar surface area (TPSA) is 47.0 Å². The van der Waals surface area contributed by atoms with Gasteiger partial charge < -0.3 is 0 Å². The van der Waals surface area contributed by atoms with Crippen molar-refractivity contribution in [3.63, 3.8) is 0 Å². The molecule has 0 aromatic carbocycles. The van der Waals surface area contributed by atoms with Crippen LogP contribution < -0.4 is 0 Å². The zero-order valence-corrected chi connectivity index (χ0v) is 8.45. The lowest BCUT2D eigenvalue weighted by atomic mass is 10.5. The standard InChI is InChI=1S/C7H9NO2S2/c1-11(9)6-4-3-5-7(8-6)12(2)10/h3-5H,1-2H3. The molecular formula is C7H9NO2S2. The Balaban J connectivity index is 3.12. The molecule has 5 heteroatoms. The molecule has 3 nitrogen and oxygen atoms in total. The number of hydrogen-bond donors (Lipinski definition) is 0. The van der Waals surface area contributed by atoms with Crippen LogP contribution >= 0.6 is 0 Å². The van der Waals surface area contributed by atoms with E-state index in [1.165, 1.54) is 0 Å². The highest BCUT2D eigenvalue weighted by molar-refractivity contribution is 7.84. The van der Waals surface area contributed by atoms with Crippen LogP contribution in [0.1, 0.15) is 0 Å². The van der Waals surface area contributed by atoms with Crippen LogP contribution in [0.3, 0.4) is 0 Å². The third kappa shape index (κ3) is 2.22. The van der Waals surface area contributed by atoms with Crippen molar-refractivity contribution in [1.82, 2.24) is 4.98 Å². The van der Waals surface area contributed by atoms with E-state index in [1.807, 2.05) is 0 Å². The fraction of sp³-hybridized carbons (Fsp3) is 0.286. The van der Waals surface area contributed by atoms with Gasteiger partial charge in [0, 0.05) is 12.5 Å². The highest BCUT2D eigenvalue weighted by Crippen LogP contribution is 2.05. The summed E-state index contributed by atoms with van der Waals surface area (Å²) >= 11 is 0. The molecule has 1 heterocycles. The van der Waals surface area contributed by atoms with Gasteiger partial charge in [-0.2, -0.15) is 0 Å². The van der Waals surface area contributed by atoms with Gasteiger partial charge in [-0.1, -0.05) is 6.07 Å². The van der Waals surface area contributed by atoms with Gasteiger partial charge in [0.25, 0.3) is 0 Å². The Bertz CT molecular complexity index is 309. The summed E-state index contributed by atoms with van der Waals surface area (Å²) in [5, 5.41) is 0.949. The summed E-state index contributed by atoms with van der Waals surface area (Å²) in [5.41, 5.74) is 0. The first-order chi connectivity index (χ1) is 5.61. The number of nitrogens with zero attached hydrogens (tertiary/aromatic N) is 1. The Morgan fingerprint density at radius 2 is 1.50 bits per heavy atom. The summed E-state index contributed by atoms with van der Waals surface area (Å²) in [7, 11) is -2.20. The maximum absolute atomic E-state index is 11.0. The Morgan fingerprint density at radius 1 is 1.08 bits per heavy atom. The molecule has 66 valence electrons. The van der Waals surface area contributed by atoms with Crippen LogP contribution in [0.4, 0.5) is 0 Å². The Hall–Kier alpha value is -0.550. The normalized spacial score (nSPS) is 15.5. The largest absolute Gasteiger partial charge is 0.253 e. The second-order valence-corrected chi connectivity index (χ2v) is 4.88. The lowest BCUT2D eigenvalue weighted by Gasteiger charge is -1.97. The molecule has 0 fully saturated rings. The predicted octanol–water partition coefficient (Wildman–Crippen LogP) is 0.556. The molecule has 0 N–H and O–H groups in total. The van der Waals surface area contributed by atoms with Gasteiger partial charge >= 0.3 is 0 Å². The zero-order valence-electron chi connectivity index (χ0n) is 6.81. The lowest BCUT2D eigenvalue weighted by Crippen LogP contribution is -1.97. The van der Waals surface area contributed by atoms with E-state index in [9.17, 15) is 8.42 Å². The molecule has 0 aliphatic carbocycles. The van der Waals surface area contributed by atoms with Crippen molar-refractivity contribution < 1.29 is 8.42 Å². The maximum Gasteiger partial charge on any atom is 0.128 e. The first-order valence-corrected chi connectivity index (χ1v) is 6.37. The molecule has 1 rings (SSSR count). The van der Waals surface area contributed by atoms with Crippen molar-refractivity contribution in [2.45, 2.75) is 10.1 Å². The molecule has 0 aliphatic rings. The molecule has 2 unspecified atom stereocenters. The molecule has 0 spiro atoms. The van der Waals surface area contributed by atoms with Crippen molar-refractivity contribution in [2.75, 3.05) is 12.5 Å². The fourth-order valence-electron chi connectivity index (χ4n) is 0.716. The average Bonchev–Trinajstić information content (AvgIpc) is 2.04. The van der Waals surface area contributed by atoms with Crippen LogP contribution in [0.25, 0.3) is 0 Å². The minimum absolute atomic E-state index is 0.475. The quantitative estimate of drug-likeness (QED) is 0.705. The molecule has 0 saturated carbocycles. The number of aromatic nitrogens is 1. The van der Waals surface area contributed by atoms with Crippen LogP contribution in [0.15, 0.2) is 28.3 Å². The molecule has 1 aromatic heterocycles. The highest BCUT2D eigenvalue weighted by atomic mass is 32.2. The van der Waals surface area contributed by atoms with Crippen LogP contribution in [0, 0.1) is 0 Å². The van der Waals surface area contributed by atoms with Crippen LogP contribution in [0.5, 0.6) is 0 Å². The molecule has 0 amide bonds. The van der Waals surface area contributed by atoms with E-state index in [0.29, 0.717) is 10.1 Å². The van der Waals surface area contributed by atoms with E-state index < -0.39 is 21.6 Å². The summed E-state index contributed by atoms with van der Waals surface area (Å²) in [6.45, 7) is 0. The van der Waals surface area contributed by atoms with Crippen LogP contribution in [-0.4, -0.2) is 25.9 Å². The second-order valence-electron chi connectivity index (χ2n) is 2.22. The smallest absolute Gasteiger partial charge is 0.128 e. The van der Waals surface area contributed by atoms with Crippen molar-refractivity contribution in [3.05, 3.63) is 18.2 Å². The van der Waals surface area contributed by atoms with Gasteiger partial charge in [0.2, 0.25) is 0 Å². The third-order valence-corrected chi connectivity index (χ3v) is 2.92. The van der Waals surface area contributed by atoms with Crippen molar-refractivity contribution in [2.24, 2.45) is 0 Å². The number of pyridine rings is 1. The van der Waals surface area contributed by atoms with E-state index >= 15 is 0 Å². The lowest BCUT2D eigenvalue weighted by molar-refractivity contribution is 0.678. The first-order valence-electron chi connectivity index (χ1n) is 3.25. The summed E-state index contributed by atoms with van der Waals surface area (Å²) in [5.74, 6) is 0. The van der Waals surface area contributed by atoms with Crippen LogP contribution in [0.2, 0.25) is 0 Å². The first kappa shape index (κ1) is 9.54. The minimum atomic E-state index is -1.10. The number of rotatable bonds is 2. The molecule has 0 radical (unpaired) electrons. The molecule has 2 atom stereocenters. The summed E-state index contributed by atoms with van der Waals surface area (Å²) in [6.07, 6.45) is 3.09. The minimum Gasteiger partial charge on any atom is -0.253 e. The second kappa shape index (κ2) is 3.91. The Labute approximate surface area is 76.1 Å². The summed E-state index contributed by atoms with van der Waals surface area (Å²) in [4.78, 5) is 3.97. The SMILES string of the molecule is CS(=O)c1cccc(S(C)=O)n1. The van der Waals surface area contributed by atoms with Gasteiger partial charge in [-0.3, -0.25) is 8.42 Å². The molecule has 1 aromatic rings. The van der Waals surface area contributed by atoms with Crippen molar-refractivity contribution in [3.8, 4) is 0 Å². The van der Waals surface area contributed by atoms with E-state index in [2.05, 4.69) is 4.98 Å². The van der Waals surface area contributed by atoms with E-state index in [-0.39, 0.29) is 0 Å². The Kier molecular flexibility index (Phi) is 3.11. The Morgan fingerprint density at radius 3 is 1.83 bits per heavy atom. The fourth-order valence-corrected chi connectivity index (χ4v) is 1.77. The molecule has 12 heavy (non-hydrogen) atoms. The van der Waals surface area contributed by atoms with E-state index in [1.54, 1.807) is 30.7 Å². The van der Waals surface area contributed by atoms with Gasteiger partial charge in [-0.25, -0.2) is 4.98 Å². The molecule has 0 saturated heterocycles. The number of hydrogen-bond acceptors (Lipinski definition) is 3. The highest BCUT2D eigenvalue weighted by Gasteiger charge is 2.02. The van der Waals surface area contributed by atoms with Gasteiger partial charge in [0.15, 0.2) is 0 Å². The van der Waals surface area contributed by atoms with E-state index in [0.717, 1.165) is 0 Å². The van der Waals surface area contributed by atoms with Crippen molar-refractivity contribution >= 4 is 21.6 Å². The monoisotopic (exact) mass is 203 g/mol. The molecular weight excluding hydrogens is 194 g/mol. The molecule has 0 bridgehead atoms. The third-order valence-electron chi connectivity index (χ3n) is 1.29.